The molecule has 6 rings (SSSR count). The molecule has 7 nitrogen and oxygen atoms in total. The number of halogens is 1. The van der Waals surface area contributed by atoms with Crippen molar-refractivity contribution >= 4 is 5.91 Å². The molecule has 0 radical (unpaired) electrons. The number of carbonyl (C=O) groups excluding carboxylic acids is 1. The van der Waals surface area contributed by atoms with E-state index in [9.17, 15) is 9.18 Å². The van der Waals surface area contributed by atoms with Gasteiger partial charge in [-0.3, -0.25) is 19.5 Å². The van der Waals surface area contributed by atoms with E-state index in [0.29, 0.717) is 17.5 Å². The van der Waals surface area contributed by atoms with Crippen LogP contribution in [0.25, 0.3) is 0 Å². The summed E-state index contributed by atoms with van der Waals surface area (Å²) in [5.41, 5.74) is 5.99. The van der Waals surface area contributed by atoms with Gasteiger partial charge in [-0.1, -0.05) is 42.0 Å². The van der Waals surface area contributed by atoms with E-state index in [1.54, 1.807) is 12.1 Å². The van der Waals surface area contributed by atoms with Crippen molar-refractivity contribution in [3.63, 3.8) is 0 Å². The van der Waals surface area contributed by atoms with Crippen molar-refractivity contribution < 1.29 is 9.18 Å². The minimum atomic E-state index is -0.146. The predicted molar refractivity (Wildman–Crippen MR) is 181 cm³/mol. The van der Waals surface area contributed by atoms with E-state index in [4.69, 9.17) is 0 Å². The summed E-state index contributed by atoms with van der Waals surface area (Å²) in [6.07, 6.45) is 5.66. The standard InChI is InChI=1S/C38H51FN6O/c1-27-9-11-31(12-10-27)25-42-17-13-32(14-18-42)36(33-7-6-8-34(39)23-33)45-22-21-44(24-28(45)2)38(5)15-19-43(20-16-38)37(46)35-29(3)40-26-41-30(35)4/h6-12,23,26,28,32,36H,13-22,24-25H2,1-5H3/t28-,36+/m0/s1. The van der Waals surface area contributed by atoms with Crippen LogP contribution in [0.5, 0.6) is 0 Å². The molecule has 3 saturated heterocycles. The Labute approximate surface area is 274 Å². The number of hydrogen-bond donors (Lipinski definition) is 0. The van der Waals surface area contributed by atoms with Crippen molar-refractivity contribution in [3.05, 3.63) is 94.3 Å². The molecule has 8 heteroatoms. The zero-order valence-electron chi connectivity index (χ0n) is 28.4. The number of likely N-dealkylation sites (tertiary alicyclic amines) is 2. The number of aryl methyl sites for hydroxylation is 3. The summed E-state index contributed by atoms with van der Waals surface area (Å²) in [7, 11) is 0. The summed E-state index contributed by atoms with van der Waals surface area (Å²) in [6, 6.07) is 16.8. The molecule has 0 bridgehead atoms. The van der Waals surface area contributed by atoms with Crippen LogP contribution < -0.4 is 0 Å². The van der Waals surface area contributed by atoms with E-state index >= 15 is 0 Å². The van der Waals surface area contributed by atoms with Crippen LogP contribution in [0.1, 0.15) is 84.0 Å². The molecule has 3 aromatic rings. The number of benzene rings is 2. The van der Waals surface area contributed by atoms with Gasteiger partial charge >= 0.3 is 0 Å². The minimum Gasteiger partial charge on any atom is -0.338 e. The summed E-state index contributed by atoms with van der Waals surface area (Å²) >= 11 is 0. The fourth-order valence-electron chi connectivity index (χ4n) is 8.25. The molecule has 2 aromatic carbocycles. The Morgan fingerprint density at radius 2 is 1.61 bits per heavy atom. The Bertz CT molecular complexity index is 1480. The molecule has 1 aromatic heterocycles. The summed E-state index contributed by atoms with van der Waals surface area (Å²) in [5.74, 6) is 0.398. The number of rotatable bonds is 7. The number of nitrogens with zero attached hydrogens (tertiary/aromatic N) is 6. The van der Waals surface area contributed by atoms with Crippen LogP contribution in [0.2, 0.25) is 0 Å². The molecular weight excluding hydrogens is 575 g/mol. The molecule has 46 heavy (non-hydrogen) atoms. The zero-order valence-corrected chi connectivity index (χ0v) is 28.4. The second kappa shape index (κ2) is 13.9. The van der Waals surface area contributed by atoms with Crippen LogP contribution in [0.3, 0.4) is 0 Å². The van der Waals surface area contributed by atoms with Crippen LogP contribution in [-0.2, 0) is 6.54 Å². The van der Waals surface area contributed by atoms with Crippen molar-refractivity contribution in [2.45, 2.75) is 84.5 Å². The van der Waals surface area contributed by atoms with Gasteiger partial charge in [0.1, 0.15) is 12.1 Å². The predicted octanol–water partition coefficient (Wildman–Crippen LogP) is 6.20. The van der Waals surface area contributed by atoms with E-state index in [0.717, 1.165) is 95.0 Å². The number of hydrogen-bond acceptors (Lipinski definition) is 6. The van der Waals surface area contributed by atoms with Gasteiger partial charge in [0.25, 0.3) is 5.91 Å². The maximum atomic E-state index is 14.6. The Morgan fingerprint density at radius 3 is 2.24 bits per heavy atom. The first kappa shape index (κ1) is 32.7. The molecule has 0 spiro atoms. The van der Waals surface area contributed by atoms with E-state index in [2.05, 4.69) is 75.8 Å². The summed E-state index contributed by atoms with van der Waals surface area (Å²) in [6.45, 7) is 18.2. The molecule has 0 unspecified atom stereocenters. The number of aromatic nitrogens is 2. The highest BCUT2D eigenvalue weighted by atomic mass is 19.1. The molecule has 3 aliphatic rings. The minimum absolute atomic E-state index is 0.0457. The lowest BCUT2D eigenvalue weighted by molar-refractivity contribution is -0.0439. The maximum absolute atomic E-state index is 14.6. The third-order valence-electron chi connectivity index (χ3n) is 11.2. The molecule has 2 atom stereocenters. The Morgan fingerprint density at radius 1 is 0.935 bits per heavy atom. The summed E-state index contributed by atoms with van der Waals surface area (Å²) in [5, 5.41) is 0. The average Bonchev–Trinajstić information content (AvgIpc) is 3.04. The van der Waals surface area contributed by atoms with Crippen LogP contribution in [0, 0.1) is 32.5 Å². The van der Waals surface area contributed by atoms with Gasteiger partial charge in [0.15, 0.2) is 0 Å². The number of carbonyl (C=O) groups is 1. The van der Waals surface area contributed by atoms with Gasteiger partial charge in [-0.15, -0.1) is 0 Å². The lowest BCUT2D eigenvalue weighted by atomic mass is 9.82. The van der Waals surface area contributed by atoms with Crippen LogP contribution >= 0.6 is 0 Å². The number of piperazine rings is 1. The first-order valence-electron chi connectivity index (χ1n) is 17.2. The molecule has 246 valence electrons. The maximum Gasteiger partial charge on any atom is 0.257 e. The van der Waals surface area contributed by atoms with Crippen molar-refractivity contribution in [2.75, 3.05) is 45.8 Å². The molecule has 3 fully saturated rings. The highest BCUT2D eigenvalue weighted by Crippen LogP contribution is 2.40. The van der Waals surface area contributed by atoms with Gasteiger partial charge in [-0.05, 0) is 103 Å². The fraction of sp³-hybridized carbons (Fsp3) is 0.553. The number of amides is 1. The molecule has 0 aliphatic carbocycles. The van der Waals surface area contributed by atoms with Gasteiger partial charge in [0, 0.05) is 56.9 Å². The molecule has 1 amide bonds. The first-order valence-corrected chi connectivity index (χ1v) is 17.2. The molecule has 0 saturated carbocycles. The molecular formula is C38H51FN6O. The average molecular weight is 627 g/mol. The summed E-state index contributed by atoms with van der Waals surface area (Å²) < 4.78 is 14.6. The Balaban J connectivity index is 1.10. The second-order valence-electron chi connectivity index (χ2n) is 14.3. The fourth-order valence-corrected chi connectivity index (χ4v) is 8.25. The lowest BCUT2D eigenvalue weighted by Gasteiger charge is -2.54. The highest BCUT2D eigenvalue weighted by molar-refractivity contribution is 5.96. The van der Waals surface area contributed by atoms with Crippen LogP contribution in [-0.4, -0.2) is 92.9 Å². The van der Waals surface area contributed by atoms with Gasteiger partial charge in [0.2, 0.25) is 0 Å². The lowest BCUT2D eigenvalue weighted by Crippen LogP contribution is -2.63. The first-order chi connectivity index (χ1) is 22.1. The Kier molecular flexibility index (Phi) is 9.88. The summed E-state index contributed by atoms with van der Waals surface area (Å²) in [4.78, 5) is 31.9. The quantitative estimate of drug-likeness (QED) is 0.312. The normalized spacial score (nSPS) is 22.6. The Hall–Kier alpha value is -3.20. The number of piperidine rings is 2. The zero-order chi connectivity index (χ0) is 32.4. The largest absolute Gasteiger partial charge is 0.338 e. The monoisotopic (exact) mass is 626 g/mol. The van der Waals surface area contributed by atoms with E-state index in [1.165, 1.54) is 17.5 Å². The van der Waals surface area contributed by atoms with Gasteiger partial charge < -0.3 is 4.90 Å². The van der Waals surface area contributed by atoms with Crippen molar-refractivity contribution in [2.24, 2.45) is 5.92 Å². The molecule has 0 N–H and O–H groups in total. The van der Waals surface area contributed by atoms with Gasteiger partial charge in [-0.25, -0.2) is 14.4 Å². The van der Waals surface area contributed by atoms with E-state index < -0.39 is 0 Å². The topological polar surface area (TPSA) is 55.8 Å². The second-order valence-corrected chi connectivity index (χ2v) is 14.3. The van der Waals surface area contributed by atoms with Crippen molar-refractivity contribution in [1.29, 1.82) is 0 Å². The molecule has 3 aliphatic heterocycles. The van der Waals surface area contributed by atoms with Gasteiger partial charge in [-0.2, -0.15) is 0 Å². The van der Waals surface area contributed by atoms with E-state index in [-0.39, 0.29) is 23.3 Å². The highest BCUT2D eigenvalue weighted by Gasteiger charge is 2.43. The van der Waals surface area contributed by atoms with E-state index in [1.807, 2.05) is 24.8 Å². The smallest absolute Gasteiger partial charge is 0.257 e. The van der Waals surface area contributed by atoms with Crippen molar-refractivity contribution in [1.82, 2.24) is 29.6 Å². The van der Waals surface area contributed by atoms with Crippen LogP contribution in [0.15, 0.2) is 54.9 Å². The van der Waals surface area contributed by atoms with Crippen molar-refractivity contribution in [3.8, 4) is 0 Å². The SMILES string of the molecule is Cc1ccc(CN2CCC([C@H](c3cccc(F)c3)N3CCN(C4(C)CCN(C(=O)c5c(C)ncnc5C)CC4)C[C@@H]3C)CC2)cc1. The van der Waals surface area contributed by atoms with Crippen LogP contribution in [0.4, 0.5) is 4.39 Å². The third-order valence-corrected chi connectivity index (χ3v) is 11.2. The molecule has 4 heterocycles. The third kappa shape index (κ3) is 7.04. The van der Waals surface area contributed by atoms with Gasteiger partial charge in [0.05, 0.1) is 17.0 Å².